The summed E-state index contributed by atoms with van der Waals surface area (Å²) in [6.45, 7) is 5.85. The summed E-state index contributed by atoms with van der Waals surface area (Å²) in [6, 6.07) is 5.65. The number of likely N-dealkylation sites (N-methyl/N-ethyl adjacent to an activating group) is 1. The molecule has 1 aromatic carbocycles. The van der Waals surface area contributed by atoms with E-state index in [-0.39, 0.29) is 5.91 Å². The van der Waals surface area contributed by atoms with Gasteiger partial charge in [-0.2, -0.15) is 0 Å². The van der Waals surface area contributed by atoms with E-state index in [0.29, 0.717) is 12.1 Å². The zero-order chi connectivity index (χ0) is 15.2. The number of carbonyl (C=O) groups excluding carboxylic acids is 1. The zero-order valence-corrected chi connectivity index (χ0v) is 12.6. The topological polar surface area (TPSA) is 61.6 Å². The highest BCUT2D eigenvalue weighted by atomic mass is 16.2. The minimum absolute atomic E-state index is 0.0755. The summed E-state index contributed by atoms with van der Waals surface area (Å²) in [4.78, 5) is 14.6. The molecule has 0 unspecified atom stereocenters. The monoisotopic (exact) mass is 286 g/mol. The van der Waals surface area contributed by atoms with Crippen molar-refractivity contribution >= 4 is 5.91 Å². The number of rotatable bonds is 2. The zero-order valence-electron chi connectivity index (χ0n) is 12.6. The molecule has 1 fully saturated rings. The Hall–Kier alpha value is -1.87. The number of hydrazine groups is 1. The maximum absolute atomic E-state index is 12.4. The third-order valence-electron chi connectivity index (χ3n) is 3.58. The molecule has 0 atom stereocenters. The van der Waals surface area contributed by atoms with Crippen molar-refractivity contribution in [2.45, 2.75) is 6.92 Å². The first kappa shape index (κ1) is 15.5. The minimum atomic E-state index is -0.0755. The predicted molar refractivity (Wildman–Crippen MR) is 83.6 cm³/mol. The van der Waals surface area contributed by atoms with Crippen LogP contribution in [0, 0.1) is 18.8 Å². The van der Waals surface area contributed by atoms with Gasteiger partial charge in [0.25, 0.3) is 5.91 Å². The Balaban J connectivity index is 2.07. The number of hydrogen-bond donors (Lipinski definition) is 2. The molecule has 0 bridgehead atoms. The number of carbonyl (C=O) groups is 1. The van der Waals surface area contributed by atoms with Crippen molar-refractivity contribution in [2.24, 2.45) is 5.73 Å². The number of hydrogen-bond acceptors (Lipinski definition) is 4. The quantitative estimate of drug-likeness (QED) is 0.762. The number of nitrogens with two attached hydrogens (primary N) is 1. The van der Waals surface area contributed by atoms with E-state index in [1.165, 1.54) is 0 Å². The molecule has 0 aromatic heterocycles. The van der Waals surface area contributed by atoms with Crippen molar-refractivity contribution in [1.29, 1.82) is 0 Å². The molecule has 1 saturated heterocycles. The molecule has 1 heterocycles. The largest absolute Gasteiger partial charge is 0.320 e. The molecule has 0 aliphatic carbocycles. The normalized spacial score (nSPS) is 16.1. The second-order valence-electron chi connectivity index (χ2n) is 5.27. The Labute approximate surface area is 126 Å². The van der Waals surface area contributed by atoms with Crippen LogP contribution < -0.4 is 11.2 Å². The van der Waals surface area contributed by atoms with E-state index in [1.54, 1.807) is 0 Å². The molecule has 1 aliphatic rings. The maximum Gasteiger partial charge on any atom is 0.265 e. The van der Waals surface area contributed by atoms with Crippen LogP contribution in [0.25, 0.3) is 0 Å². The second kappa shape index (κ2) is 7.23. The van der Waals surface area contributed by atoms with Gasteiger partial charge < -0.3 is 10.6 Å². The molecule has 0 radical (unpaired) electrons. The van der Waals surface area contributed by atoms with E-state index < -0.39 is 0 Å². The number of nitrogens with one attached hydrogen (secondary N) is 1. The molecule has 1 amide bonds. The van der Waals surface area contributed by atoms with Crippen LogP contribution in [-0.2, 0) is 0 Å². The summed E-state index contributed by atoms with van der Waals surface area (Å²) < 4.78 is 0. The van der Waals surface area contributed by atoms with Crippen LogP contribution in [0.3, 0.4) is 0 Å². The lowest BCUT2D eigenvalue weighted by molar-refractivity contribution is 0.0662. The minimum Gasteiger partial charge on any atom is -0.320 e. The van der Waals surface area contributed by atoms with E-state index in [2.05, 4.69) is 29.2 Å². The van der Waals surface area contributed by atoms with Crippen LogP contribution >= 0.6 is 0 Å². The van der Waals surface area contributed by atoms with Gasteiger partial charge in [0.05, 0.1) is 6.54 Å². The molecule has 0 saturated carbocycles. The Morgan fingerprint density at radius 3 is 2.71 bits per heavy atom. The van der Waals surface area contributed by atoms with Crippen molar-refractivity contribution in [3.05, 3.63) is 34.9 Å². The van der Waals surface area contributed by atoms with Gasteiger partial charge in [0.2, 0.25) is 0 Å². The van der Waals surface area contributed by atoms with Gasteiger partial charge in [0.15, 0.2) is 0 Å². The Morgan fingerprint density at radius 2 is 2.05 bits per heavy atom. The van der Waals surface area contributed by atoms with Crippen molar-refractivity contribution in [3.8, 4) is 11.8 Å². The Bertz CT molecular complexity index is 565. The summed E-state index contributed by atoms with van der Waals surface area (Å²) in [7, 11) is 2.09. The first-order valence-corrected chi connectivity index (χ1v) is 7.14. The summed E-state index contributed by atoms with van der Waals surface area (Å²) in [5.41, 5.74) is 10.8. The average Bonchev–Trinajstić information content (AvgIpc) is 2.48. The van der Waals surface area contributed by atoms with Crippen LogP contribution in [0.4, 0.5) is 0 Å². The molecule has 3 N–H and O–H groups in total. The molecule has 112 valence electrons. The molecule has 1 aliphatic heterocycles. The first-order valence-electron chi connectivity index (χ1n) is 7.14. The van der Waals surface area contributed by atoms with E-state index >= 15 is 0 Å². The number of piperazine rings is 1. The van der Waals surface area contributed by atoms with Crippen LogP contribution in [0.1, 0.15) is 21.5 Å². The summed E-state index contributed by atoms with van der Waals surface area (Å²) in [6.07, 6.45) is 0. The Morgan fingerprint density at radius 1 is 1.33 bits per heavy atom. The SMILES string of the molecule is Cc1ccc(C#CCN)cc1C(=O)NN1CCN(C)CC1. The van der Waals surface area contributed by atoms with Crippen molar-refractivity contribution < 1.29 is 4.79 Å². The van der Waals surface area contributed by atoms with Crippen molar-refractivity contribution in [1.82, 2.24) is 15.3 Å². The maximum atomic E-state index is 12.4. The standard InChI is InChI=1S/C16H22N4O/c1-13-5-6-14(4-3-7-17)12-15(13)16(21)18-20-10-8-19(2)9-11-20/h5-6,12H,7-11,17H2,1-2H3,(H,18,21). The van der Waals surface area contributed by atoms with Crippen LogP contribution in [0.2, 0.25) is 0 Å². The van der Waals surface area contributed by atoms with Crippen LogP contribution in [0.5, 0.6) is 0 Å². The van der Waals surface area contributed by atoms with Crippen LogP contribution in [-0.4, -0.2) is 55.6 Å². The number of aryl methyl sites for hydroxylation is 1. The molecule has 2 rings (SSSR count). The van der Waals surface area contributed by atoms with Crippen molar-refractivity contribution in [3.63, 3.8) is 0 Å². The van der Waals surface area contributed by atoms with E-state index in [4.69, 9.17) is 5.73 Å². The molecular formula is C16H22N4O. The second-order valence-corrected chi connectivity index (χ2v) is 5.27. The number of amides is 1. The molecule has 5 heteroatoms. The van der Waals surface area contributed by atoms with Gasteiger partial charge >= 0.3 is 0 Å². The number of benzene rings is 1. The molecular weight excluding hydrogens is 264 g/mol. The molecule has 0 spiro atoms. The van der Waals surface area contributed by atoms with Gasteiger partial charge in [-0.05, 0) is 31.7 Å². The fourth-order valence-electron chi connectivity index (χ4n) is 2.22. The fourth-order valence-corrected chi connectivity index (χ4v) is 2.22. The van der Waals surface area contributed by atoms with Crippen LogP contribution in [0.15, 0.2) is 18.2 Å². The highest BCUT2D eigenvalue weighted by Crippen LogP contribution is 2.11. The third-order valence-corrected chi connectivity index (χ3v) is 3.58. The Kier molecular flexibility index (Phi) is 5.34. The van der Waals surface area contributed by atoms with Gasteiger partial charge in [-0.25, -0.2) is 5.01 Å². The smallest absolute Gasteiger partial charge is 0.265 e. The van der Waals surface area contributed by atoms with Gasteiger partial charge in [-0.15, -0.1) is 0 Å². The molecule has 5 nitrogen and oxygen atoms in total. The first-order chi connectivity index (χ1) is 10.1. The van der Waals surface area contributed by atoms with E-state index in [1.807, 2.05) is 30.1 Å². The van der Waals surface area contributed by atoms with Gasteiger partial charge in [0.1, 0.15) is 0 Å². The fraction of sp³-hybridized carbons (Fsp3) is 0.438. The van der Waals surface area contributed by atoms with E-state index in [9.17, 15) is 4.79 Å². The van der Waals surface area contributed by atoms with Crippen molar-refractivity contribution in [2.75, 3.05) is 39.8 Å². The molecule has 21 heavy (non-hydrogen) atoms. The predicted octanol–water partition coefficient (Wildman–Crippen LogP) is 0.197. The van der Waals surface area contributed by atoms with E-state index in [0.717, 1.165) is 37.3 Å². The summed E-state index contributed by atoms with van der Waals surface area (Å²) >= 11 is 0. The summed E-state index contributed by atoms with van der Waals surface area (Å²) in [5, 5.41) is 1.97. The summed E-state index contributed by atoms with van der Waals surface area (Å²) in [5.74, 6) is 5.69. The lowest BCUT2D eigenvalue weighted by Crippen LogP contribution is -2.52. The highest BCUT2D eigenvalue weighted by Gasteiger charge is 2.17. The lowest BCUT2D eigenvalue weighted by atomic mass is 10.0. The van der Waals surface area contributed by atoms with Gasteiger partial charge in [-0.3, -0.25) is 10.2 Å². The average molecular weight is 286 g/mol. The highest BCUT2D eigenvalue weighted by molar-refractivity contribution is 5.95. The molecule has 1 aromatic rings. The lowest BCUT2D eigenvalue weighted by Gasteiger charge is -2.32. The van der Waals surface area contributed by atoms with Gasteiger partial charge in [0, 0.05) is 37.3 Å². The number of nitrogens with zero attached hydrogens (tertiary/aromatic N) is 2. The third kappa shape index (κ3) is 4.30. The van der Waals surface area contributed by atoms with Gasteiger partial charge in [-0.1, -0.05) is 17.9 Å².